The van der Waals surface area contributed by atoms with Gasteiger partial charge in [-0.25, -0.2) is 13.1 Å². The first-order valence-electron chi connectivity index (χ1n) is 12.0. The summed E-state index contributed by atoms with van der Waals surface area (Å²) in [6, 6.07) is 15.1. The van der Waals surface area contributed by atoms with E-state index in [0.29, 0.717) is 31.2 Å². The molecule has 2 aliphatic heterocycles. The van der Waals surface area contributed by atoms with Gasteiger partial charge in [-0.3, -0.25) is 4.79 Å². The van der Waals surface area contributed by atoms with Gasteiger partial charge in [-0.1, -0.05) is 35.9 Å². The zero-order valence-electron chi connectivity index (χ0n) is 19.3. The highest BCUT2D eigenvalue weighted by Gasteiger charge is 2.25. The number of sulfonamides is 1. The molecule has 0 radical (unpaired) electrons. The van der Waals surface area contributed by atoms with Crippen molar-refractivity contribution in [2.24, 2.45) is 5.92 Å². The zero-order valence-corrected chi connectivity index (χ0v) is 20.1. The molecule has 4 rings (SSSR count). The van der Waals surface area contributed by atoms with Crippen LogP contribution in [-0.4, -0.2) is 51.6 Å². The lowest BCUT2D eigenvalue weighted by Crippen LogP contribution is -2.38. The lowest BCUT2D eigenvalue weighted by Gasteiger charge is -2.32. The van der Waals surface area contributed by atoms with Crippen LogP contribution in [0.2, 0.25) is 0 Å². The molecule has 7 heteroatoms. The SMILES string of the molecule is Cc1ccc(CCC2CCN(C(=O)c3cccc(S(=O)(=O)NC[C@H]4CCCO4)c3)CC2)cc1. The van der Waals surface area contributed by atoms with Crippen molar-refractivity contribution in [2.45, 2.75) is 56.4 Å². The summed E-state index contributed by atoms with van der Waals surface area (Å²) in [5.74, 6) is 0.521. The Hall–Kier alpha value is -2.22. The zero-order chi connectivity index (χ0) is 23.3. The second-order valence-corrected chi connectivity index (χ2v) is 11.0. The van der Waals surface area contributed by atoms with Crippen LogP contribution in [0.5, 0.6) is 0 Å². The maximum Gasteiger partial charge on any atom is 0.253 e. The second-order valence-electron chi connectivity index (χ2n) is 9.27. The van der Waals surface area contributed by atoms with Crippen LogP contribution in [-0.2, 0) is 21.2 Å². The molecule has 0 unspecified atom stereocenters. The van der Waals surface area contributed by atoms with Gasteiger partial charge < -0.3 is 9.64 Å². The molecule has 2 saturated heterocycles. The molecule has 0 saturated carbocycles. The fraction of sp³-hybridized carbons (Fsp3) is 0.500. The Morgan fingerprint density at radius 3 is 2.55 bits per heavy atom. The Bertz CT molecular complexity index is 1040. The van der Waals surface area contributed by atoms with Crippen molar-refractivity contribution in [3.05, 3.63) is 65.2 Å². The minimum absolute atomic E-state index is 0.0723. The molecule has 2 aromatic carbocycles. The van der Waals surface area contributed by atoms with Crippen molar-refractivity contribution in [1.82, 2.24) is 9.62 Å². The van der Waals surface area contributed by atoms with Crippen molar-refractivity contribution < 1.29 is 17.9 Å². The maximum atomic E-state index is 13.1. The molecule has 1 N–H and O–H groups in total. The number of ether oxygens (including phenoxy) is 1. The second kappa shape index (κ2) is 10.8. The van der Waals surface area contributed by atoms with E-state index in [2.05, 4.69) is 35.9 Å². The minimum Gasteiger partial charge on any atom is -0.377 e. The fourth-order valence-corrected chi connectivity index (χ4v) is 5.73. The van der Waals surface area contributed by atoms with Crippen molar-refractivity contribution in [3.63, 3.8) is 0 Å². The summed E-state index contributed by atoms with van der Waals surface area (Å²) in [6.07, 6.45) is 5.92. The molecule has 2 aliphatic rings. The number of likely N-dealkylation sites (tertiary alicyclic amines) is 1. The minimum atomic E-state index is -3.68. The van der Waals surface area contributed by atoms with Gasteiger partial charge in [0.15, 0.2) is 0 Å². The maximum absolute atomic E-state index is 13.1. The van der Waals surface area contributed by atoms with Gasteiger partial charge in [0.1, 0.15) is 0 Å². The van der Waals surface area contributed by atoms with Crippen molar-refractivity contribution in [2.75, 3.05) is 26.2 Å². The number of rotatable bonds is 8. The molecule has 0 bridgehead atoms. The number of carbonyl (C=O) groups excluding carboxylic acids is 1. The first kappa shape index (κ1) is 23.9. The van der Waals surface area contributed by atoms with E-state index in [4.69, 9.17) is 4.74 Å². The monoisotopic (exact) mass is 470 g/mol. The Balaban J connectivity index is 1.29. The molecular formula is C26H34N2O4S. The predicted octanol–water partition coefficient (Wildman–Crippen LogP) is 3.94. The van der Waals surface area contributed by atoms with Crippen LogP contribution in [0.15, 0.2) is 53.4 Å². The van der Waals surface area contributed by atoms with Crippen LogP contribution in [0.1, 0.15) is 53.6 Å². The molecule has 2 aromatic rings. The molecule has 1 atom stereocenters. The molecular weight excluding hydrogens is 436 g/mol. The molecule has 0 aliphatic carbocycles. The molecule has 2 heterocycles. The Kier molecular flexibility index (Phi) is 7.83. The summed E-state index contributed by atoms with van der Waals surface area (Å²) in [5, 5.41) is 0. The van der Waals surface area contributed by atoms with Gasteiger partial charge in [-0.05, 0) is 75.1 Å². The van der Waals surface area contributed by atoms with Gasteiger partial charge in [0.2, 0.25) is 10.0 Å². The lowest BCUT2D eigenvalue weighted by molar-refractivity contribution is 0.0686. The number of benzene rings is 2. The van der Waals surface area contributed by atoms with Crippen LogP contribution in [0, 0.1) is 12.8 Å². The molecule has 0 spiro atoms. The average molecular weight is 471 g/mol. The highest BCUT2D eigenvalue weighted by Crippen LogP contribution is 2.24. The lowest BCUT2D eigenvalue weighted by atomic mass is 9.90. The van der Waals surface area contributed by atoms with Crippen molar-refractivity contribution in [1.29, 1.82) is 0 Å². The first-order valence-corrected chi connectivity index (χ1v) is 13.5. The highest BCUT2D eigenvalue weighted by molar-refractivity contribution is 7.89. The van der Waals surface area contributed by atoms with Crippen LogP contribution in [0.3, 0.4) is 0 Å². The van der Waals surface area contributed by atoms with Gasteiger partial charge in [0, 0.05) is 31.8 Å². The Labute approximate surface area is 197 Å². The number of aryl methyl sites for hydroxylation is 2. The average Bonchev–Trinajstić information content (AvgIpc) is 3.36. The summed E-state index contributed by atoms with van der Waals surface area (Å²) in [4.78, 5) is 15.0. The number of hydrogen-bond acceptors (Lipinski definition) is 4. The normalized spacial score (nSPS) is 19.7. The van der Waals surface area contributed by atoms with Gasteiger partial charge >= 0.3 is 0 Å². The Morgan fingerprint density at radius 1 is 1.09 bits per heavy atom. The molecule has 6 nitrogen and oxygen atoms in total. The third kappa shape index (κ3) is 6.43. The number of piperidine rings is 1. The largest absolute Gasteiger partial charge is 0.377 e. The van der Waals surface area contributed by atoms with Crippen LogP contribution < -0.4 is 4.72 Å². The van der Waals surface area contributed by atoms with E-state index in [-0.39, 0.29) is 23.5 Å². The molecule has 178 valence electrons. The van der Waals surface area contributed by atoms with E-state index >= 15 is 0 Å². The van der Waals surface area contributed by atoms with Gasteiger partial charge in [-0.15, -0.1) is 0 Å². The topological polar surface area (TPSA) is 75.7 Å². The molecule has 0 aromatic heterocycles. The fourth-order valence-electron chi connectivity index (χ4n) is 4.62. The third-order valence-electron chi connectivity index (χ3n) is 6.78. The first-order chi connectivity index (χ1) is 15.9. The number of hydrogen-bond donors (Lipinski definition) is 1. The van der Waals surface area contributed by atoms with E-state index < -0.39 is 10.0 Å². The van der Waals surface area contributed by atoms with Crippen LogP contribution in [0.4, 0.5) is 0 Å². The smallest absolute Gasteiger partial charge is 0.253 e. The summed E-state index contributed by atoms with van der Waals surface area (Å²) in [5.41, 5.74) is 3.07. The van der Waals surface area contributed by atoms with Crippen LogP contribution in [0.25, 0.3) is 0 Å². The van der Waals surface area contributed by atoms with E-state index in [0.717, 1.165) is 38.5 Å². The summed E-state index contributed by atoms with van der Waals surface area (Å²) < 4.78 is 33.5. The number of nitrogens with one attached hydrogen (secondary N) is 1. The summed E-state index contributed by atoms with van der Waals surface area (Å²) >= 11 is 0. The standard InChI is InChI=1S/C26H34N2O4S/c1-20-7-9-21(10-8-20)11-12-22-13-15-28(16-14-22)26(29)23-4-2-6-25(18-23)33(30,31)27-19-24-5-3-17-32-24/h2,4,6-10,18,22,24,27H,3,5,11-17,19H2,1H3/t24-/m1/s1. The van der Waals surface area contributed by atoms with E-state index in [1.54, 1.807) is 12.1 Å². The van der Waals surface area contributed by atoms with Crippen LogP contribution >= 0.6 is 0 Å². The Morgan fingerprint density at radius 2 is 1.85 bits per heavy atom. The molecule has 33 heavy (non-hydrogen) atoms. The third-order valence-corrected chi connectivity index (χ3v) is 8.20. The quantitative estimate of drug-likeness (QED) is 0.634. The van der Waals surface area contributed by atoms with E-state index in [1.165, 1.54) is 23.3 Å². The predicted molar refractivity (Wildman–Crippen MR) is 129 cm³/mol. The summed E-state index contributed by atoms with van der Waals surface area (Å²) in [7, 11) is -3.68. The number of carbonyl (C=O) groups is 1. The van der Waals surface area contributed by atoms with E-state index in [1.807, 2.05) is 4.90 Å². The molecule has 2 fully saturated rings. The van der Waals surface area contributed by atoms with E-state index in [9.17, 15) is 13.2 Å². The highest BCUT2D eigenvalue weighted by atomic mass is 32.2. The van der Waals surface area contributed by atoms with Gasteiger partial charge in [-0.2, -0.15) is 0 Å². The number of amides is 1. The van der Waals surface area contributed by atoms with Gasteiger partial charge in [0.25, 0.3) is 5.91 Å². The summed E-state index contributed by atoms with van der Waals surface area (Å²) in [6.45, 7) is 4.47. The van der Waals surface area contributed by atoms with Crippen molar-refractivity contribution >= 4 is 15.9 Å². The number of nitrogens with zero attached hydrogens (tertiary/aromatic N) is 1. The molecule has 1 amide bonds. The van der Waals surface area contributed by atoms with Gasteiger partial charge in [0.05, 0.1) is 11.0 Å². The van der Waals surface area contributed by atoms with Crippen molar-refractivity contribution in [3.8, 4) is 0 Å².